The van der Waals surface area contributed by atoms with Gasteiger partial charge in [-0.25, -0.2) is 9.97 Å². The molecule has 19 heavy (non-hydrogen) atoms. The van der Waals surface area contributed by atoms with Gasteiger partial charge in [0.15, 0.2) is 0 Å². The first kappa shape index (κ1) is 12.3. The Bertz CT molecular complexity index is 713. The Labute approximate surface area is 115 Å². The van der Waals surface area contributed by atoms with Crippen molar-refractivity contribution < 1.29 is 0 Å². The van der Waals surface area contributed by atoms with Crippen molar-refractivity contribution in [2.24, 2.45) is 12.8 Å². The van der Waals surface area contributed by atoms with Crippen molar-refractivity contribution >= 4 is 22.4 Å². The summed E-state index contributed by atoms with van der Waals surface area (Å²) in [7, 11) is 2.04. The largest absolute Gasteiger partial charge is 0.331 e. The molecule has 0 aliphatic rings. The lowest BCUT2D eigenvalue weighted by molar-refractivity contribution is 0.670. The third kappa shape index (κ3) is 2.15. The van der Waals surface area contributed by atoms with Crippen LogP contribution in [0.3, 0.4) is 0 Å². The fourth-order valence-corrected chi connectivity index (χ4v) is 3.14. The molecule has 0 amide bonds. The van der Waals surface area contributed by atoms with Crippen molar-refractivity contribution in [3.05, 3.63) is 46.2 Å². The summed E-state index contributed by atoms with van der Waals surface area (Å²) < 4.78 is 2.12. The topological polar surface area (TPSA) is 56.7 Å². The predicted molar refractivity (Wildman–Crippen MR) is 78.2 cm³/mol. The molecule has 98 valence electrons. The van der Waals surface area contributed by atoms with Gasteiger partial charge in [0.1, 0.15) is 5.82 Å². The van der Waals surface area contributed by atoms with Crippen LogP contribution in [0.25, 0.3) is 11.0 Å². The van der Waals surface area contributed by atoms with E-state index in [0.717, 1.165) is 33.8 Å². The van der Waals surface area contributed by atoms with Gasteiger partial charge < -0.3 is 10.3 Å². The Morgan fingerprint density at radius 2 is 2.16 bits per heavy atom. The lowest BCUT2D eigenvalue weighted by Gasteiger charge is -2.10. The van der Waals surface area contributed by atoms with Gasteiger partial charge >= 0.3 is 0 Å². The first-order valence-electron chi connectivity index (χ1n) is 6.22. The van der Waals surface area contributed by atoms with Crippen molar-refractivity contribution in [2.45, 2.75) is 19.4 Å². The summed E-state index contributed by atoms with van der Waals surface area (Å²) in [5.41, 5.74) is 11.3. The maximum atomic E-state index is 6.28. The van der Waals surface area contributed by atoms with Crippen LogP contribution in [0.5, 0.6) is 0 Å². The zero-order valence-electron chi connectivity index (χ0n) is 11.0. The quantitative estimate of drug-likeness (QED) is 0.797. The molecule has 0 spiro atoms. The molecule has 0 fully saturated rings. The molecule has 0 radical (unpaired) electrons. The molecule has 0 aliphatic heterocycles. The van der Waals surface area contributed by atoms with Crippen molar-refractivity contribution in [3.63, 3.8) is 0 Å². The van der Waals surface area contributed by atoms with Gasteiger partial charge in [-0.2, -0.15) is 0 Å². The highest BCUT2D eigenvalue weighted by molar-refractivity contribution is 7.09. The summed E-state index contributed by atoms with van der Waals surface area (Å²) >= 11 is 1.62. The molecule has 0 saturated heterocycles. The lowest BCUT2D eigenvalue weighted by Crippen LogP contribution is -2.15. The molecule has 2 aromatic heterocycles. The van der Waals surface area contributed by atoms with Crippen LogP contribution in [-0.4, -0.2) is 14.5 Å². The monoisotopic (exact) mass is 272 g/mol. The third-order valence-electron chi connectivity index (χ3n) is 3.40. The van der Waals surface area contributed by atoms with Gasteiger partial charge in [-0.05, 0) is 19.1 Å². The first-order chi connectivity index (χ1) is 9.16. The standard InChI is InChI=1S/C14H16N4S/c1-9-14(19-8-16-9)10(15)7-13-17-11-5-3-4-6-12(11)18(13)2/h3-6,8,10H,7,15H2,1-2H3. The molecular formula is C14H16N4S. The number of hydrogen-bond donors (Lipinski definition) is 1. The molecule has 4 nitrogen and oxygen atoms in total. The van der Waals surface area contributed by atoms with Crippen LogP contribution >= 0.6 is 11.3 Å². The van der Waals surface area contributed by atoms with E-state index in [1.54, 1.807) is 11.3 Å². The molecule has 0 bridgehead atoms. The summed E-state index contributed by atoms with van der Waals surface area (Å²) in [4.78, 5) is 10.1. The van der Waals surface area contributed by atoms with E-state index >= 15 is 0 Å². The zero-order chi connectivity index (χ0) is 13.4. The number of nitrogens with zero attached hydrogens (tertiary/aromatic N) is 3. The van der Waals surface area contributed by atoms with Crippen molar-refractivity contribution in [1.29, 1.82) is 0 Å². The Morgan fingerprint density at radius 3 is 2.84 bits per heavy atom. The fraction of sp³-hybridized carbons (Fsp3) is 0.286. The molecular weight excluding hydrogens is 256 g/mol. The summed E-state index contributed by atoms with van der Waals surface area (Å²) in [5.74, 6) is 1.02. The van der Waals surface area contributed by atoms with E-state index < -0.39 is 0 Å². The summed E-state index contributed by atoms with van der Waals surface area (Å²) in [6.45, 7) is 2.00. The van der Waals surface area contributed by atoms with Gasteiger partial charge in [0.05, 0.1) is 22.2 Å². The number of benzene rings is 1. The second-order valence-electron chi connectivity index (χ2n) is 4.69. The number of imidazole rings is 1. The van der Waals surface area contributed by atoms with Crippen LogP contribution < -0.4 is 5.73 Å². The van der Waals surface area contributed by atoms with Crippen molar-refractivity contribution in [1.82, 2.24) is 14.5 Å². The molecule has 1 atom stereocenters. The molecule has 0 aliphatic carbocycles. The molecule has 3 rings (SSSR count). The van der Waals surface area contributed by atoms with Crippen LogP contribution in [-0.2, 0) is 13.5 Å². The molecule has 0 saturated carbocycles. The molecule has 1 aromatic carbocycles. The summed E-state index contributed by atoms with van der Waals surface area (Å²) in [6.07, 6.45) is 0.730. The number of nitrogens with two attached hydrogens (primary N) is 1. The molecule has 2 N–H and O–H groups in total. The molecule has 5 heteroatoms. The number of rotatable bonds is 3. The number of para-hydroxylation sites is 2. The first-order valence-corrected chi connectivity index (χ1v) is 7.10. The van der Waals surface area contributed by atoms with Crippen LogP contribution in [0, 0.1) is 6.92 Å². The van der Waals surface area contributed by atoms with E-state index in [-0.39, 0.29) is 6.04 Å². The van der Waals surface area contributed by atoms with Gasteiger partial charge in [-0.1, -0.05) is 12.1 Å². The minimum Gasteiger partial charge on any atom is -0.331 e. The minimum absolute atomic E-state index is 0.0389. The van der Waals surface area contributed by atoms with Gasteiger partial charge in [-0.3, -0.25) is 0 Å². The Hall–Kier alpha value is -1.72. The van der Waals surface area contributed by atoms with Crippen LogP contribution in [0.4, 0.5) is 0 Å². The van der Waals surface area contributed by atoms with E-state index in [9.17, 15) is 0 Å². The van der Waals surface area contributed by atoms with Crippen molar-refractivity contribution in [3.8, 4) is 0 Å². The number of thiazole rings is 1. The van der Waals surface area contributed by atoms with Gasteiger partial charge in [-0.15, -0.1) is 11.3 Å². The minimum atomic E-state index is -0.0389. The Morgan fingerprint density at radius 1 is 1.37 bits per heavy atom. The van der Waals surface area contributed by atoms with Crippen LogP contribution in [0.15, 0.2) is 29.8 Å². The number of aromatic nitrogens is 3. The molecule has 2 heterocycles. The highest BCUT2D eigenvalue weighted by atomic mass is 32.1. The Balaban J connectivity index is 1.93. The van der Waals surface area contributed by atoms with Crippen LogP contribution in [0.1, 0.15) is 22.4 Å². The fourth-order valence-electron chi connectivity index (χ4n) is 2.33. The normalized spacial score (nSPS) is 13.0. The summed E-state index contributed by atoms with van der Waals surface area (Å²) in [5, 5.41) is 0. The van der Waals surface area contributed by atoms with E-state index in [1.807, 2.05) is 37.7 Å². The molecule has 3 aromatic rings. The number of fused-ring (bicyclic) bond motifs is 1. The number of hydrogen-bond acceptors (Lipinski definition) is 4. The SMILES string of the molecule is Cc1ncsc1C(N)Cc1nc2ccccc2n1C. The summed E-state index contributed by atoms with van der Waals surface area (Å²) in [6, 6.07) is 8.11. The predicted octanol–water partition coefficient (Wildman–Crippen LogP) is 2.58. The smallest absolute Gasteiger partial charge is 0.111 e. The highest BCUT2D eigenvalue weighted by Gasteiger charge is 2.16. The average Bonchev–Trinajstić information content (AvgIpc) is 2.95. The van der Waals surface area contributed by atoms with Gasteiger partial charge in [0.25, 0.3) is 0 Å². The van der Waals surface area contributed by atoms with Crippen LogP contribution in [0.2, 0.25) is 0 Å². The van der Waals surface area contributed by atoms with E-state index in [2.05, 4.69) is 20.6 Å². The van der Waals surface area contributed by atoms with Crippen molar-refractivity contribution in [2.75, 3.05) is 0 Å². The third-order valence-corrected chi connectivity index (χ3v) is 4.46. The second kappa shape index (κ2) is 4.75. The Kier molecular flexibility index (Phi) is 3.08. The van der Waals surface area contributed by atoms with E-state index in [0.29, 0.717) is 0 Å². The maximum absolute atomic E-state index is 6.28. The maximum Gasteiger partial charge on any atom is 0.111 e. The second-order valence-corrected chi connectivity index (χ2v) is 5.57. The zero-order valence-corrected chi connectivity index (χ0v) is 11.8. The lowest BCUT2D eigenvalue weighted by atomic mass is 10.1. The van der Waals surface area contributed by atoms with E-state index in [4.69, 9.17) is 5.73 Å². The highest BCUT2D eigenvalue weighted by Crippen LogP contribution is 2.24. The van der Waals surface area contributed by atoms with Gasteiger partial charge in [0, 0.05) is 24.4 Å². The molecule has 1 unspecified atom stereocenters. The average molecular weight is 272 g/mol. The van der Waals surface area contributed by atoms with E-state index in [1.165, 1.54) is 0 Å². The van der Waals surface area contributed by atoms with Gasteiger partial charge in [0.2, 0.25) is 0 Å². The number of aryl methyl sites for hydroxylation is 2.